The molecule has 0 fully saturated rings. The van der Waals surface area contributed by atoms with Gasteiger partial charge in [-0.05, 0) is 17.1 Å². The number of nitrogens with two attached hydrogens (primary N) is 1. The Balaban J connectivity index is 2.42. The van der Waals surface area contributed by atoms with E-state index in [1.165, 1.54) is 29.1 Å². The van der Waals surface area contributed by atoms with E-state index in [0.717, 1.165) is 6.07 Å². The number of hydrogen-bond donors (Lipinski definition) is 1. The molecule has 0 saturated heterocycles. The van der Waals surface area contributed by atoms with Gasteiger partial charge >= 0.3 is 5.82 Å². The van der Waals surface area contributed by atoms with Crippen LogP contribution >= 0.6 is 0 Å². The number of aromatic nitrogens is 2. The van der Waals surface area contributed by atoms with E-state index >= 15 is 0 Å². The Kier molecular flexibility index (Phi) is 2.28. The van der Waals surface area contributed by atoms with Crippen molar-refractivity contribution in [3.05, 3.63) is 46.4 Å². The first kappa shape index (κ1) is 10.1. The molecule has 2 aromatic rings. The lowest BCUT2D eigenvalue weighted by Crippen LogP contribution is -1.99. The van der Waals surface area contributed by atoms with Gasteiger partial charge in [-0.25, -0.2) is 4.39 Å². The third kappa shape index (κ3) is 1.70. The summed E-state index contributed by atoms with van der Waals surface area (Å²) in [4.78, 5) is 9.78. The van der Waals surface area contributed by atoms with Gasteiger partial charge in [0, 0.05) is 6.07 Å². The molecule has 0 spiro atoms. The number of benzene rings is 1. The fourth-order valence-corrected chi connectivity index (χ4v) is 1.21. The van der Waals surface area contributed by atoms with Crippen LogP contribution < -0.4 is 5.73 Å². The van der Waals surface area contributed by atoms with Crippen LogP contribution in [0.15, 0.2) is 30.5 Å². The molecule has 0 aliphatic carbocycles. The molecule has 1 aromatic heterocycles. The second-order valence-electron chi connectivity index (χ2n) is 3.08. The van der Waals surface area contributed by atoms with E-state index in [1.54, 1.807) is 0 Å². The summed E-state index contributed by atoms with van der Waals surface area (Å²) in [5.74, 6) is -0.882. The summed E-state index contributed by atoms with van der Waals surface area (Å²) in [5.41, 5.74) is 5.70. The SMILES string of the molecule is Nc1ccc(-n2ccc([N+](=O)[O-])n2)cc1F. The molecule has 0 saturated carbocycles. The van der Waals surface area contributed by atoms with Crippen LogP contribution in [0.3, 0.4) is 0 Å². The van der Waals surface area contributed by atoms with E-state index in [2.05, 4.69) is 5.10 Å². The number of rotatable bonds is 2. The van der Waals surface area contributed by atoms with Crippen molar-refractivity contribution in [3.8, 4) is 5.69 Å². The highest BCUT2D eigenvalue weighted by Crippen LogP contribution is 2.16. The van der Waals surface area contributed by atoms with E-state index in [1.807, 2.05) is 0 Å². The van der Waals surface area contributed by atoms with Gasteiger partial charge < -0.3 is 15.8 Å². The van der Waals surface area contributed by atoms with Gasteiger partial charge in [0.05, 0.1) is 28.7 Å². The molecule has 16 heavy (non-hydrogen) atoms. The first-order valence-electron chi connectivity index (χ1n) is 4.33. The Bertz CT molecular complexity index is 552. The van der Waals surface area contributed by atoms with Crippen LogP contribution in [0.2, 0.25) is 0 Å². The highest BCUT2D eigenvalue weighted by Gasteiger charge is 2.12. The monoisotopic (exact) mass is 222 g/mol. The van der Waals surface area contributed by atoms with Crippen LogP contribution in [0.5, 0.6) is 0 Å². The van der Waals surface area contributed by atoms with Gasteiger partial charge in [0.2, 0.25) is 0 Å². The summed E-state index contributed by atoms with van der Waals surface area (Å²) in [7, 11) is 0. The minimum absolute atomic E-state index is 0.0189. The Labute approximate surface area is 89.3 Å². The van der Waals surface area contributed by atoms with Crippen LogP contribution in [0, 0.1) is 15.9 Å². The summed E-state index contributed by atoms with van der Waals surface area (Å²) in [6.07, 6.45) is 1.38. The molecule has 0 aliphatic heterocycles. The Hall–Kier alpha value is -2.44. The molecular weight excluding hydrogens is 215 g/mol. The topological polar surface area (TPSA) is 87.0 Å². The zero-order chi connectivity index (χ0) is 11.7. The molecule has 0 atom stereocenters. The zero-order valence-electron chi connectivity index (χ0n) is 8.00. The molecule has 0 bridgehead atoms. The lowest BCUT2D eigenvalue weighted by Gasteiger charge is -1.99. The average molecular weight is 222 g/mol. The van der Waals surface area contributed by atoms with Gasteiger partial charge in [0.1, 0.15) is 5.82 Å². The molecule has 0 aliphatic rings. The van der Waals surface area contributed by atoms with Gasteiger partial charge in [-0.3, -0.25) is 0 Å². The number of nitro groups is 1. The summed E-state index contributed by atoms with van der Waals surface area (Å²) in [6.45, 7) is 0. The second kappa shape index (κ2) is 3.61. The van der Waals surface area contributed by atoms with Gasteiger partial charge in [0.15, 0.2) is 0 Å². The van der Waals surface area contributed by atoms with Crippen LogP contribution in [-0.2, 0) is 0 Å². The molecule has 7 heteroatoms. The standard InChI is InChI=1S/C9H7FN4O2/c10-7-5-6(1-2-8(7)11)13-4-3-9(12-13)14(15)16/h1-5H,11H2. The highest BCUT2D eigenvalue weighted by atomic mass is 19.1. The number of hydrogen-bond acceptors (Lipinski definition) is 4. The lowest BCUT2D eigenvalue weighted by molar-refractivity contribution is -0.389. The van der Waals surface area contributed by atoms with Crippen molar-refractivity contribution in [1.82, 2.24) is 9.78 Å². The molecule has 2 N–H and O–H groups in total. The van der Waals surface area contributed by atoms with E-state index < -0.39 is 10.7 Å². The third-order valence-corrected chi connectivity index (χ3v) is 2.01. The Morgan fingerprint density at radius 3 is 2.75 bits per heavy atom. The van der Waals surface area contributed by atoms with Crippen molar-refractivity contribution in [1.29, 1.82) is 0 Å². The van der Waals surface area contributed by atoms with Crippen molar-refractivity contribution in [2.24, 2.45) is 0 Å². The van der Waals surface area contributed by atoms with Crippen molar-refractivity contribution in [2.45, 2.75) is 0 Å². The first-order chi connectivity index (χ1) is 7.58. The van der Waals surface area contributed by atoms with E-state index in [-0.39, 0.29) is 11.5 Å². The first-order valence-corrected chi connectivity index (χ1v) is 4.33. The van der Waals surface area contributed by atoms with Crippen LogP contribution in [0.1, 0.15) is 0 Å². The maximum atomic E-state index is 13.1. The third-order valence-electron chi connectivity index (χ3n) is 2.01. The fraction of sp³-hybridized carbons (Fsp3) is 0. The second-order valence-corrected chi connectivity index (χ2v) is 3.08. The molecule has 82 valence electrons. The highest BCUT2D eigenvalue weighted by molar-refractivity contribution is 5.46. The van der Waals surface area contributed by atoms with Gasteiger partial charge in [-0.15, -0.1) is 4.68 Å². The number of nitrogen functional groups attached to an aromatic ring is 1. The Morgan fingerprint density at radius 2 is 2.19 bits per heavy atom. The summed E-state index contributed by atoms with van der Waals surface area (Å²) in [5, 5.41) is 14.1. The van der Waals surface area contributed by atoms with Gasteiger partial charge in [-0.1, -0.05) is 0 Å². The van der Waals surface area contributed by atoms with Crippen LogP contribution in [0.4, 0.5) is 15.9 Å². The number of anilines is 1. The quantitative estimate of drug-likeness (QED) is 0.474. The Morgan fingerprint density at radius 1 is 1.44 bits per heavy atom. The number of halogens is 1. The molecule has 1 aromatic carbocycles. The van der Waals surface area contributed by atoms with Crippen LogP contribution in [-0.4, -0.2) is 14.7 Å². The smallest absolute Gasteiger partial charge is 0.390 e. The van der Waals surface area contributed by atoms with E-state index in [0.29, 0.717) is 5.69 Å². The normalized spacial score (nSPS) is 10.3. The maximum Gasteiger partial charge on any atom is 0.390 e. The predicted molar refractivity (Wildman–Crippen MR) is 54.6 cm³/mol. The van der Waals surface area contributed by atoms with E-state index in [9.17, 15) is 14.5 Å². The molecule has 2 rings (SSSR count). The largest absolute Gasteiger partial charge is 0.396 e. The van der Waals surface area contributed by atoms with E-state index in [4.69, 9.17) is 5.73 Å². The predicted octanol–water partition coefficient (Wildman–Crippen LogP) is 1.50. The average Bonchev–Trinajstić information content (AvgIpc) is 2.71. The molecule has 0 amide bonds. The lowest BCUT2D eigenvalue weighted by atomic mass is 10.3. The van der Waals surface area contributed by atoms with Crippen molar-refractivity contribution >= 4 is 11.5 Å². The van der Waals surface area contributed by atoms with Crippen LogP contribution in [0.25, 0.3) is 5.69 Å². The summed E-state index contributed by atoms with van der Waals surface area (Å²) in [6, 6.07) is 5.29. The summed E-state index contributed by atoms with van der Waals surface area (Å²) < 4.78 is 14.3. The van der Waals surface area contributed by atoms with Crippen molar-refractivity contribution in [3.63, 3.8) is 0 Å². The van der Waals surface area contributed by atoms with Crippen molar-refractivity contribution < 1.29 is 9.31 Å². The minimum atomic E-state index is -0.621. The van der Waals surface area contributed by atoms with Gasteiger partial charge in [-0.2, -0.15) is 0 Å². The maximum absolute atomic E-state index is 13.1. The fourth-order valence-electron chi connectivity index (χ4n) is 1.21. The van der Waals surface area contributed by atoms with Crippen molar-refractivity contribution in [2.75, 3.05) is 5.73 Å². The molecule has 6 nitrogen and oxygen atoms in total. The minimum Gasteiger partial charge on any atom is -0.396 e. The van der Waals surface area contributed by atoms with Gasteiger partial charge in [0.25, 0.3) is 0 Å². The number of nitrogens with zero attached hydrogens (tertiary/aromatic N) is 3. The molecular formula is C9H7FN4O2. The summed E-state index contributed by atoms with van der Waals surface area (Å²) >= 11 is 0. The molecule has 0 unspecified atom stereocenters. The zero-order valence-corrected chi connectivity index (χ0v) is 8.00. The molecule has 0 radical (unpaired) electrons. The molecule has 1 heterocycles.